The molecule has 0 atom stereocenters. The van der Waals surface area contributed by atoms with Crippen LogP contribution in [-0.2, 0) is 19.6 Å². The van der Waals surface area contributed by atoms with E-state index in [0.29, 0.717) is 43.3 Å². The number of anilines is 1. The van der Waals surface area contributed by atoms with Crippen molar-refractivity contribution in [2.75, 3.05) is 38.2 Å². The summed E-state index contributed by atoms with van der Waals surface area (Å²) in [5.41, 5.74) is 1.05. The van der Waals surface area contributed by atoms with Gasteiger partial charge >= 0.3 is 0 Å². The molecule has 1 N–H and O–H groups in total. The molecule has 0 bridgehead atoms. The smallest absolute Gasteiger partial charge is 0.243 e. The molecule has 0 saturated carbocycles. The second kappa shape index (κ2) is 9.17. The topological polar surface area (TPSA) is 102 Å². The molecule has 2 aromatic carbocycles. The summed E-state index contributed by atoms with van der Waals surface area (Å²) in [7, 11) is -3.56. The number of morpholine rings is 1. The fraction of sp³-hybridized carbons (Fsp3) is 0.300. The van der Waals surface area contributed by atoms with Gasteiger partial charge in [-0.2, -0.15) is 4.31 Å². The Morgan fingerprint density at radius 1 is 1.03 bits per heavy atom. The third-order valence-corrected chi connectivity index (χ3v) is 6.24. The summed E-state index contributed by atoms with van der Waals surface area (Å²) in [6.45, 7) is 2.65. The van der Waals surface area contributed by atoms with Crippen molar-refractivity contribution in [2.45, 2.75) is 11.8 Å². The number of carbonyl (C=O) groups is 2. The average molecular weight is 418 g/mol. The van der Waals surface area contributed by atoms with Crippen molar-refractivity contribution in [3.63, 3.8) is 0 Å². The van der Waals surface area contributed by atoms with Gasteiger partial charge in [0.1, 0.15) is 5.75 Å². The SMILES string of the molecule is CC(=O)Nc1ccc(C(=O)COc2ccc(S(=O)(=O)N3CCOCC3)cc2)cc1. The molecule has 1 saturated heterocycles. The first-order valence-corrected chi connectivity index (χ1v) is 10.5. The van der Waals surface area contributed by atoms with Crippen LogP contribution in [0.1, 0.15) is 17.3 Å². The highest BCUT2D eigenvalue weighted by molar-refractivity contribution is 7.89. The summed E-state index contributed by atoms with van der Waals surface area (Å²) in [4.78, 5) is 23.5. The van der Waals surface area contributed by atoms with Crippen LogP contribution in [0.4, 0.5) is 5.69 Å². The summed E-state index contributed by atoms with van der Waals surface area (Å²) in [6.07, 6.45) is 0. The minimum atomic E-state index is -3.56. The highest BCUT2D eigenvalue weighted by Crippen LogP contribution is 2.21. The van der Waals surface area contributed by atoms with Crippen LogP contribution in [0.3, 0.4) is 0 Å². The van der Waals surface area contributed by atoms with Gasteiger partial charge in [-0.1, -0.05) is 0 Å². The third kappa shape index (κ3) is 5.41. The molecule has 3 rings (SSSR count). The van der Waals surface area contributed by atoms with Crippen LogP contribution in [0.5, 0.6) is 5.75 Å². The van der Waals surface area contributed by atoms with Crippen molar-refractivity contribution in [2.24, 2.45) is 0 Å². The lowest BCUT2D eigenvalue weighted by Crippen LogP contribution is -2.40. The summed E-state index contributed by atoms with van der Waals surface area (Å²) in [5.74, 6) is -0.0231. The van der Waals surface area contributed by atoms with Crippen LogP contribution in [-0.4, -0.2) is 57.3 Å². The molecule has 1 fully saturated rings. The Labute approximate surface area is 169 Å². The summed E-state index contributed by atoms with van der Waals surface area (Å²) in [6, 6.07) is 12.5. The van der Waals surface area contributed by atoms with E-state index in [1.54, 1.807) is 24.3 Å². The number of carbonyl (C=O) groups excluding carboxylic acids is 2. The largest absolute Gasteiger partial charge is 0.485 e. The van der Waals surface area contributed by atoms with E-state index in [2.05, 4.69) is 5.32 Å². The molecule has 0 spiro atoms. The highest BCUT2D eigenvalue weighted by atomic mass is 32.2. The maximum absolute atomic E-state index is 12.6. The number of benzene rings is 2. The zero-order chi connectivity index (χ0) is 20.9. The second-order valence-electron chi connectivity index (χ2n) is 6.46. The van der Waals surface area contributed by atoms with Gasteiger partial charge in [-0.3, -0.25) is 9.59 Å². The fourth-order valence-corrected chi connectivity index (χ4v) is 4.23. The predicted molar refractivity (Wildman–Crippen MR) is 107 cm³/mol. The molecule has 1 heterocycles. The Hall–Kier alpha value is -2.75. The number of hydrogen-bond donors (Lipinski definition) is 1. The molecule has 0 aromatic heterocycles. The first kappa shape index (κ1) is 21.0. The molecular weight excluding hydrogens is 396 g/mol. The maximum atomic E-state index is 12.6. The van der Waals surface area contributed by atoms with E-state index >= 15 is 0 Å². The zero-order valence-electron chi connectivity index (χ0n) is 16.0. The molecule has 1 aliphatic heterocycles. The number of sulfonamides is 1. The second-order valence-corrected chi connectivity index (χ2v) is 8.40. The van der Waals surface area contributed by atoms with E-state index in [9.17, 15) is 18.0 Å². The van der Waals surface area contributed by atoms with Crippen LogP contribution in [0.2, 0.25) is 0 Å². The van der Waals surface area contributed by atoms with Crippen LogP contribution in [0.25, 0.3) is 0 Å². The molecule has 2 aromatic rings. The average Bonchev–Trinajstić information content (AvgIpc) is 2.73. The predicted octanol–water partition coefficient (Wildman–Crippen LogP) is 1.93. The summed E-state index contributed by atoms with van der Waals surface area (Å²) in [5, 5.41) is 2.63. The van der Waals surface area contributed by atoms with Crippen molar-refractivity contribution in [1.29, 1.82) is 0 Å². The molecule has 0 aliphatic carbocycles. The minimum absolute atomic E-state index is 0.173. The van der Waals surface area contributed by atoms with Crippen LogP contribution in [0.15, 0.2) is 53.4 Å². The van der Waals surface area contributed by atoms with E-state index in [-0.39, 0.29) is 23.2 Å². The number of nitrogens with zero attached hydrogens (tertiary/aromatic N) is 1. The van der Waals surface area contributed by atoms with Gasteiger partial charge in [0, 0.05) is 31.3 Å². The van der Waals surface area contributed by atoms with E-state index in [1.165, 1.54) is 35.5 Å². The molecule has 0 unspecified atom stereocenters. The molecule has 9 heteroatoms. The van der Waals surface area contributed by atoms with Gasteiger partial charge in [0.2, 0.25) is 15.9 Å². The molecule has 29 heavy (non-hydrogen) atoms. The van der Waals surface area contributed by atoms with E-state index in [4.69, 9.17) is 9.47 Å². The molecule has 154 valence electrons. The number of ether oxygens (including phenoxy) is 2. The van der Waals surface area contributed by atoms with E-state index in [0.717, 1.165) is 0 Å². The molecule has 8 nitrogen and oxygen atoms in total. The molecular formula is C20H22N2O6S. The van der Waals surface area contributed by atoms with Gasteiger partial charge in [0.25, 0.3) is 0 Å². The minimum Gasteiger partial charge on any atom is -0.485 e. The molecule has 0 radical (unpaired) electrons. The fourth-order valence-electron chi connectivity index (χ4n) is 2.82. The number of amides is 1. The monoisotopic (exact) mass is 418 g/mol. The number of hydrogen-bond acceptors (Lipinski definition) is 6. The summed E-state index contributed by atoms with van der Waals surface area (Å²) < 4.78 is 37.2. The highest BCUT2D eigenvalue weighted by Gasteiger charge is 2.26. The first-order chi connectivity index (χ1) is 13.9. The normalized spacial score (nSPS) is 14.9. The maximum Gasteiger partial charge on any atom is 0.243 e. The Morgan fingerprint density at radius 2 is 1.66 bits per heavy atom. The van der Waals surface area contributed by atoms with Crippen molar-refractivity contribution < 1.29 is 27.5 Å². The standard InChI is InChI=1S/C20H22N2O6S/c1-15(23)21-17-4-2-16(3-5-17)20(24)14-28-18-6-8-19(9-7-18)29(25,26)22-10-12-27-13-11-22/h2-9H,10-14H2,1H3,(H,21,23). The van der Waals surface area contributed by atoms with Gasteiger partial charge in [-0.25, -0.2) is 8.42 Å². The molecule has 1 amide bonds. The third-order valence-electron chi connectivity index (χ3n) is 4.33. The number of ketones is 1. The van der Waals surface area contributed by atoms with Crippen LogP contribution in [0, 0.1) is 0 Å². The first-order valence-electron chi connectivity index (χ1n) is 9.08. The lowest BCUT2D eigenvalue weighted by atomic mass is 10.1. The van der Waals surface area contributed by atoms with Gasteiger partial charge in [0.05, 0.1) is 18.1 Å². The van der Waals surface area contributed by atoms with Gasteiger partial charge in [-0.05, 0) is 48.5 Å². The number of nitrogens with one attached hydrogen (secondary N) is 1. The lowest BCUT2D eigenvalue weighted by molar-refractivity contribution is -0.114. The van der Waals surface area contributed by atoms with Gasteiger partial charge < -0.3 is 14.8 Å². The van der Waals surface area contributed by atoms with Crippen molar-refractivity contribution >= 4 is 27.4 Å². The Morgan fingerprint density at radius 3 is 2.24 bits per heavy atom. The van der Waals surface area contributed by atoms with Crippen molar-refractivity contribution in [3.8, 4) is 5.75 Å². The van der Waals surface area contributed by atoms with E-state index in [1.807, 2.05) is 0 Å². The zero-order valence-corrected chi connectivity index (χ0v) is 16.8. The van der Waals surface area contributed by atoms with Crippen LogP contribution < -0.4 is 10.1 Å². The Bertz CT molecular complexity index is 965. The Balaban J connectivity index is 1.58. The van der Waals surface area contributed by atoms with Gasteiger partial charge in [0.15, 0.2) is 12.4 Å². The van der Waals surface area contributed by atoms with Crippen molar-refractivity contribution in [1.82, 2.24) is 4.31 Å². The van der Waals surface area contributed by atoms with E-state index < -0.39 is 10.0 Å². The van der Waals surface area contributed by atoms with Crippen molar-refractivity contribution in [3.05, 3.63) is 54.1 Å². The number of rotatable bonds is 7. The van der Waals surface area contributed by atoms with Crippen LogP contribution >= 0.6 is 0 Å². The summed E-state index contributed by atoms with van der Waals surface area (Å²) >= 11 is 0. The Kier molecular flexibility index (Phi) is 6.63. The molecule has 1 aliphatic rings. The van der Waals surface area contributed by atoms with Gasteiger partial charge in [-0.15, -0.1) is 0 Å². The lowest BCUT2D eigenvalue weighted by Gasteiger charge is -2.26. The number of Topliss-reactive ketones (excluding diaryl/α,β-unsaturated/α-hetero) is 1. The quantitative estimate of drug-likeness (QED) is 0.690.